The largest absolute Gasteiger partial charge is 0.316 e. The van der Waals surface area contributed by atoms with Crippen molar-refractivity contribution in [3.63, 3.8) is 0 Å². The van der Waals surface area contributed by atoms with Gasteiger partial charge in [0.1, 0.15) is 0 Å². The molecule has 2 aliphatic rings. The molecule has 0 heterocycles. The number of rotatable bonds is 4. The first-order chi connectivity index (χ1) is 8.59. The summed E-state index contributed by atoms with van der Waals surface area (Å²) in [7, 11) is 0. The Morgan fingerprint density at radius 3 is 2.50 bits per heavy atom. The van der Waals surface area contributed by atoms with Gasteiger partial charge in [-0.05, 0) is 55.3 Å². The van der Waals surface area contributed by atoms with Crippen LogP contribution >= 0.6 is 23.2 Å². The van der Waals surface area contributed by atoms with Crippen LogP contribution in [0.1, 0.15) is 38.2 Å². The van der Waals surface area contributed by atoms with Crippen molar-refractivity contribution in [1.29, 1.82) is 0 Å². The van der Waals surface area contributed by atoms with E-state index >= 15 is 0 Å². The van der Waals surface area contributed by atoms with Crippen LogP contribution in [0.15, 0.2) is 18.2 Å². The standard InChI is InChI=1S/C15H19Cl2N/c1-2-18-10-15(8-14(9-15)5-6-14)12-4-3-11(16)7-13(12)17/h3-4,7,18H,2,5-6,8-10H2,1H3. The third-order valence-electron chi connectivity index (χ3n) is 4.60. The van der Waals surface area contributed by atoms with Crippen molar-refractivity contribution in [2.24, 2.45) is 5.41 Å². The number of likely N-dealkylation sites (N-methyl/N-ethyl adjacent to an activating group) is 1. The Morgan fingerprint density at radius 1 is 1.22 bits per heavy atom. The van der Waals surface area contributed by atoms with Crippen molar-refractivity contribution < 1.29 is 0 Å². The maximum absolute atomic E-state index is 6.41. The summed E-state index contributed by atoms with van der Waals surface area (Å²) in [5.41, 5.74) is 2.19. The van der Waals surface area contributed by atoms with E-state index in [-0.39, 0.29) is 5.41 Å². The number of benzene rings is 1. The van der Waals surface area contributed by atoms with Crippen LogP contribution in [0, 0.1) is 5.41 Å². The lowest BCUT2D eigenvalue weighted by Gasteiger charge is -2.50. The van der Waals surface area contributed by atoms with Gasteiger partial charge < -0.3 is 5.32 Å². The van der Waals surface area contributed by atoms with Crippen molar-refractivity contribution in [3.8, 4) is 0 Å². The van der Waals surface area contributed by atoms with Gasteiger partial charge in [-0.1, -0.05) is 36.2 Å². The molecule has 2 fully saturated rings. The molecule has 3 rings (SSSR count). The monoisotopic (exact) mass is 283 g/mol. The van der Waals surface area contributed by atoms with Gasteiger partial charge in [-0.3, -0.25) is 0 Å². The van der Waals surface area contributed by atoms with E-state index in [1.807, 2.05) is 12.1 Å². The van der Waals surface area contributed by atoms with Gasteiger partial charge >= 0.3 is 0 Å². The summed E-state index contributed by atoms with van der Waals surface area (Å²) in [6, 6.07) is 5.97. The van der Waals surface area contributed by atoms with Gasteiger partial charge in [-0.25, -0.2) is 0 Å². The molecule has 0 atom stereocenters. The first kappa shape index (κ1) is 12.8. The Bertz CT molecular complexity index is 458. The quantitative estimate of drug-likeness (QED) is 0.863. The zero-order valence-corrected chi connectivity index (χ0v) is 12.2. The molecule has 1 aromatic carbocycles. The van der Waals surface area contributed by atoms with Crippen LogP contribution in [0.2, 0.25) is 10.0 Å². The molecule has 0 saturated heterocycles. The van der Waals surface area contributed by atoms with Gasteiger partial charge in [-0.2, -0.15) is 0 Å². The van der Waals surface area contributed by atoms with Crippen LogP contribution in [-0.4, -0.2) is 13.1 Å². The number of hydrogen-bond acceptors (Lipinski definition) is 1. The molecule has 0 aliphatic heterocycles. The van der Waals surface area contributed by atoms with Gasteiger partial charge in [0.2, 0.25) is 0 Å². The van der Waals surface area contributed by atoms with E-state index in [4.69, 9.17) is 23.2 Å². The fourth-order valence-corrected chi connectivity index (χ4v) is 4.22. The van der Waals surface area contributed by atoms with Crippen LogP contribution in [0.25, 0.3) is 0 Å². The van der Waals surface area contributed by atoms with Crippen LogP contribution in [0.3, 0.4) is 0 Å². The molecule has 0 amide bonds. The normalized spacial score (nSPS) is 22.8. The van der Waals surface area contributed by atoms with Gasteiger partial charge in [0.15, 0.2) is 0 Å². The SMILES string of the molecule is CCNCC1(c2ccc(Cl)cc2Cl)CC2(CC2)C1. The van der Waals surface area contributed by atoms with E-state index in [2.05, 4.69) is 18.3 Å². The molecule has 1 N–H and O–H groups in total. The van der Waals surface area contributed by atoms with Crippen molar-refractivity contribution >= 4 is 23.2 Å². The molecule has 2 aliphatic carbocycles. The van der Waals surface area contributed by atoms with E-state index in [9.17, 15) is 0 Å². The zero-order valence-electron chi connectivity index (χ0n) is 10.7. The molecule has 1 nitrogen and oxygen atoms in total. The minimum absolute atomic E-state index is 0.244. The molecule has 0 radical (unpaired) electrons. The molecule has 18 heavy (non-hydrogen) atoms. The second-order valence-electron chi connectivity index (χ2n) is 6.04. The highest BCUT2D eigenvalue weighted by Gasteiger charge is 2.61. The fourth-order valence-electron chi connectivity index (χ4n) is 3.61. The summed E-state index contributed by atoms with van der Waals surface area (Å²) in [5, 5.41) is 5.06. The Hall–Kier alpha value is -0.240. The smallest absolute Gasteiger partial charge is 0.0458 e. The molecule has 1 spiro atoms. The summed E-state index contributed by atoms with van der Waals surface area (Å²) in [4.78, 5) is 0. The first-order valence-electron chi connectivity index (χ1n) is 6.76. The molecular formula is C15H19Cl2N. The molecule has 3 heteroatoms. The van der Waals surface area contributed by atoms with Gasteiger partial charge in [0.05, 0.1) is 0 Å². The van der Waals surface area contributed by atoms with Crippen LogP contribution in [0.5, 0.6) is 0 Å². The Labute approximate surface area is 119 Å². The maximum Gasteiger partial charge on any atom is 0.0458 e. The minimum atomic E-state index is 0.244. The third-order valence-corrected chi connectivity index (χ3v) is 5.15. The predicted octanol–water partition coefficient (Wildman–Crippen LogP) is 4.41. The molecule has 2 saturated carbocycles. The highest BCUT2D eigenvalue weighted by atomic mass is 35.5. The average Bonchev–Trinajstić information content (AvgIpc) is 3.05. The summed E-state index contributed by atoms with van der Waals surface area (Å²) in [5.74, 6) is 0. The molecule has 1 aromatic rings. The highest BCUT2D eigenvalue weighted by Crippen LogP contribution is 2.69. The summed E-state index contributed by atoms with van der Waals surface area (Å²) in [6.45, 7) is 4.20. The van der Waals surface area contributed by atoms with Gasteiger partial charge in [0.25, 0.3) is 0 Å². The van der Waals surface area contributed by atoms with E-state index in [0.717, 1.165) is 23.1 Å². The lowest BCUT2D eigenvalue weighted by molar-refractivity contribution is 0.117. The number of halogens is 2. The molecule has 0 unspecified atom stereocenters. The first-order valence-corrected chi connectivity index (χ1v) is 7.51. The minimum Gasteiger partial charge on any atom is -0.316 e. The van der Waals surface area contributed by atoms with Gasteiger partial charge in [-0.15, -0.1) is 0 Å². The van der Waals surface area contributed by atoms with Gasteiger partial charge in [0, 0.05) is 22.0 Å². The molecular weight excluding hydrogens is 265 g/mol. The second-order valence-corrected chi connectivity index (χ2v) is 6.88. The lowest BCUT2D eigenvalue weighted by Crippen LogP contribution is -2.49. The van der Waals surface area contributed by atoms with E-state index < -0.39 is 0 Å². The molecule has 0 bridgehead atoms. The van der Waals surface area contributed by atoms with Crippen LogP contribution in [0.4, 0.5) is 0 Å². The Morgan fingerprint density at radius 2 is 1.94 bits per heavy atom. The predicted molar refractivity (Wildman–Crippen MR) is 77.6 cm³/mol. The maximum atomic E-state index is 6.41. The van der Waals surface area contributed by atoms with Crippen molar-refractivity contribution in [1.82, 2.24) is 5.32 Å². The van der Waals surface area contributed by atoms with Crippen molar-refractivity contribution in [2.45, 2.75) is 38.0 Å². The summed E-state index contributed by atoms with van der Waals surface area (Å²) < 4.78 is 0. The second kappa shape index (κ2) is 4.40. The van der Waals surface area contributed by atoms with Crippen molar-refractivity contribution in [2.75, 3.05) is 13.1 Å². The number of hydrogen-bond donors (Lipinski definition) is 1. The Kier molecular flexibility index (Phi) is 3.12. The Balaban J connectivity index is 1.88. The van der Waals surface area contributed by atoms with Crippen LogP contribution < -0.4 is 5.32 Å². The fraction of sp³-hybridized carbons (Fsp3) is 0.600. The van der Waals surface area contributed by atoms with E-state index in [1.165, 1.54) is 31.2 Å². The van der Waals surface area contributed by atoms with E-state index in [1.54, 1.807) is 0 Å². The summed E-state index contributed by atoms with van der Waals surface area (Å²) >= 11 is 12.4. The highest BCUT2D eigenvalue weighted by molar-refractivity contribution is 6.35. The van der Waals surface area contributed by atoms with Crippen LogP contribution in [-0.2, 0) is 5.41 Å². The topological polar surface area (TPSA) is 12.0 Å². The zero-order chi connectivity index (χ0) is 12.8. The number of nitrogens with one attached hydrogen (secondary N) is 1. The third kappa shape index (κ3) is 2.07. The lowest BCUT2D eigenvalue weighted by atomic mass is 9.56. The van der Waals surface area contributed by atoms with E-state index in [0.29, 0.717) is 5.41 Å². The summed E-state index contributed by atoms with van der Waals surface area (Å²) in [6.07, 6.45) is 5.39. The van der Waals surface area contributed by atoms with Crippen molar-refractivity contribution in [3.05, 3.63) is 33.8 Å². The molecule has 0 aromatic heterocycles. The molecule has 98 valence electrons. The average molecular weight is 284 g/mol.